The second-order valence-corrected chi connectivity index (χ2v) is 4.77. The van der Waals surface area contributed by atoms with Gasteiger partial charge in [0.05, 0.1) is 0 Å². The summed E-state index contributed by atoms with van der Waals surface area (Å²) in [6.45, 7) is 0. The van der Waals surface area contributed by atoms with E-state index in [4.69, 9.17) is 9.47 Å². The van der Waals surface area contributed by atoms with Crippen molar-refractivity contribution < 1.29 is 19.4 Å². The van der Waals surface area contributed by atoms with E-state index in [1.165, 1.54) is 6.07 Å². The van der Waals surface area contributed by atoms with Crippen molar-refractivity contribution in [3.63, 3.8) is 0 Å². The first-order valence-electron chi connectivity index (χ1n) is 7.06. The standard InChI is InChI=1S/C19H14O4.2K.2H/c20-19(21)16-12-7-13-17(22-14-8-3-1-4-9-14)18(16)23-15-10-5-2-6-11-15;;;;/h1-13H,(H,20,21);;;;. The molecule has 0 saturated carbocycles. The summed E-state index contributed by atoms with van der Waals surface area (Å²) in [4.78, 5) is 11.5. The van der Waals surface area contributed by atoms with Gasteiger partial charge >= 0.3 is 109 Å². The third kappa shape index (κ3) is 6.59. The van der Waals surface area contributed by atoms with Crippen LogP contribution in [0.15, 0.2) is 78.9 Å². The van der Waals surface area contributed by atoms with Gasteiger partial charge in [-0.3, -0.25) is 0 Å². The number of rotatable bonds is 5. The molecule has 0 aliphatic heterocycles. The quantitative estimate of drug-likeness (QED) is 0.680. The topological polar surface area (TPSA) is 55.8 Å². The van der Waals surface area contributed by atoms with E-state index in [0.29, 0.717) is 17.2 Å². The van der Waals surface area contributed by atoms with Crippen LogP contribution in [0, 0.1) is 0 Å². The number of carboxylic acids is 1. The van der Waals surface area contributed by atoms with E-state index in [1.54, 1.807) is 36.4 Å². The van der Waals surface area contributed by atoms with E-state index in [9.17, 15) is 9.90 Å². The Hall–Kier alpha value is 0.00273. The van der Waals surface area contributed by atoms with Gasteiger partial charge in [-0.05, 0) is 36.4 Å². The number of carbonyl (C=O) groups is 1. The number of benzene rings is 3. The molecule has 0 aromatic heterocycles. The molecule has 4 nitrogen and oxygen atoms in total. The minimum atomic E-state index is -1.07. The van der Waals surface area contributed by atoms with E-state index >= 15 is 0 Å². The Morgan fingerprint density at radius 2 is 1.20 bits per heavy atom. The maximum atomic E-state index is 11.5. The van der Waals surface area contributed by atoms with Gasteiger partial charge in [0.2, 0.25) is 0 Å². The second kappa shape index (κ2) is 11.7. The zero-order chi connectivity index (χ0) is 16.1. The van der Waals surface area contributed by atoms with Crippen LogP contribution in [0.3, 0.4) is 0 Å². The van der Waals surface area contributed by atoms with Crippen LogP contribution in [-0.2, 0) is 0 Å². The molecule has 0 atom stereocenters. The molecule has 25 heavy (non-hydrogen) atoms. The number of para-hydroxylation sites is 3. The predicted molar refractivity (Wildman–Crippen MR) is 101 cm³/mol. The fourth-order valence-electron chi connectivity index (χ4n) is 2.09. The predicted octanol–water partition coefficient (Wildman–Crippen LogP) is 3.67. The summed E-state index contributed by atoms with van der Waals surface area (Å²) in [5.41, 5.74) is 0.0438. The molecular weight excluding hydrogens is 370 g/mol. The van der Waals surface area contributed by atoms with Crippen LogP contribution >= 0.6 is 0 Å². The van der Waals surface area contributed by atoms with Gasteiger partial charge in [-0.25, -0.2) is 4.79 Å². The molecular formula is C19H16K2O4. The van der Waals surface area contributed by atoms with Crippen molar-refractivity contribution >= 4 is 109 Å². The van der Waals surface area contributed by atoms with Gasteiger partial charge in [-0.15, -0.1) is 0 Å². The van der Waals surface area contributed by atoms with E-state index in [-0.39, 0.29) is 114 Å². The molecule has 0 amide bonds. The van der Waals surface area contributed by atoms with Gasteiger partial charge in [0.25, 0.3) is 0 Å². The van der Waals surface area contributed by atoms with Crippen LogP contribution in [-0.4, -0.2) is 114 Å². The average Bonchev–Trinajstić information content (AvgIpc) is 2.58. The molecule has 0 unspecified atom stereocenters. The van der Waals surface area contributed by atoms with E-state index in [1.807, 2.05) is 36.4 Å². The normalized spacial score (nSPS) is 9.28. The van der Waals surface area contributed by atoms with Crippen LogP contribution < -0.4 is 9.47 Å². The van der Waals surface area contributed by atoms with E-state index < -0.39 is 5.97 Å². The Balaban J connectivity index is 0.00000156. The molecule has 3 rings (SSSR count). The van der Waals surface area contributed by atoms with Gasteiger partial charge in [0, 0.05) is 0 Å². The molecule has 118 valence electrons. The Morgan fingerprint density at radius 1 is 0.680 bits per heavy atom. The Kier molecular flexibility index (Phi) is 10.7. The van der Waals surface area contributed by atoms with Gasteiger partial charge in [-0.1, -0.05) is 42.5 Å². The molecule has 0 spiro atoms. The molecule has 3 aromatic rings. The van der Waals surface area contributed by atoms with E-state index in [0.717, 1.165) is 0 Å². The van der Waals surface area contributed by atoms with Crippen LogP contribution in [0.5, 0.6) is 23.0 Å². The van der Waals surface area contributed by atoms with Crippen LogP contribution in [0.1, 0.15) is 10.4 Å². The third-order valence-electron chi connectivity index (χ3n) is 3.14. The minimum absolute atomic E-state index is 0. The number of hydrogen-bond donors (Lipinski definition) is 1. The Bertz CT molecular complexity index is 808. The molecule has 0 saturated heterocycles. The van der Waals surface area contributed by atoms with Gasteiger partial charge in [-0.2, -0.15) is 0 Å². The first kappa shape index (κ1) is 23.0. The molecule has 0 radical (unpaired) electrons. The SMILES string of the molecule is O=C(O)c1cccc(Oc2ccccc2)c1Oc1ccccc1.[KH].[KH]. The van der Waals surface area contributed by atoms with Crippen molar-refractivity contribution in [2.45, 2.75) is 0 Å². The fourth-order valence-corrected chi connectivity index (χ4v) is 2.09. The number of hydrogen-bond acceptors (Lipinski definition) is 3. The summed E-state index contributed by atoms with van der Waals surface area (Å²) in [7, 11) is 0. The van der Waals surface area contributed by atoms with Crippen molar-refractivity contribution in [3.8, 4) is 23.0 Å². The van der Waals surface area contributed by atoms with Gasteiger partial charge in [0.1, 0.15) is 17.1 Å². The third-order valence-corrected chi connectivity index (χ3v) is 3.14. The molecule has 3 aromatic carbocycles. The van der Waals surface area contributed by atoms with Crippen LogP contribution in [0.4, 0.5) is 0 Å². The van der Waals surface area contributed by atoms with Gasteiger partial charge in [0.15, 0.2) is 11.5 Å². The molecule has 0 aliphatic rings. The van der Waals surface area contributed by atoms with Crippen LogP contribution in [0.2, 0.25) is 0 Å². The molecule has 0 bridgehead atoms. The van der Waals surface area contributed by atoms with Crippen molar-refractivity contribution in [2.24, 2.45) is 0 Å². The first-order chi connectivity index (χ1) is 11.2. The fraction of sp³-hybridized carbons (Fsp3) is 0. The zero-order valence-corrected chi connectivity index (χ0v) is 12.2. The Labute approximate surface area is 231 Å². The first-order valence-corrected chi connectivity index (χ1v) is 7.06. The van der Waals surface area contributed by atoms with Crippen molar-refractivity contribution in [3.05, 3.63) is 84.4 Å². The maximum absolute atomic E-state index is 11.5. The van der Waals surface area contributed by atoms with Crippen LogP contribution in [0.25, 0.3) is 0 Å². The summed E-state index contributed by atoms with van der Waals surface area (Å²) in [6.07, 6.45) is 0. The summed E-state index contributed by atoms with van der Waals surface area (Å²) in [5.74, 6) is 0.594. The molecule has 0 aliphatic carbocycles. The molecule has 0 heterocycles. The summed E-state index contributed by atoms with van der Waals surface area (Å²) >= 11 is 0. The van der Waals surface area contributed by atoms with Crippen molar-refractivity contribution in [1.29, 1.82) is 0 Å². The summed E-state index contributed by atoms with van der Waals surface area (Å²) in [6, 6.07) is 22.9. The second-order valence-electron chi connectivity index (χ2n) is 4.77. The van der Waals surface area contributed by atoms with E-state index in [2.05, 4.69) is 0 Å². The molecule has 6 heteroatoms. The Morgan fingerprint density at radius 3 is 1.72 bits per heavy atom. The molecule has 1 N–H and O–H groups in total. The number of ether oxygens (including phenoxy) is 2. The monoisotopic (exact) mass is 386 g/mol. The molecule has 0 fully saturated rings. The number of carboxylic acid groups (broad SMARTS) is 1. The number of aromatic carboxylic acids is 1. The summed E-state index contributed by atoms with van der Waals surface area (Å²) < 4.78 is 11.6. The van der Waals surface area contributed by atoms with Gasteiger partial charge < -0.3 is 14.6 Å². The van der Waals surface area contributed by atoms with Crippen molar-refractivity contribution in [2.75, 3.05) is 0 Å². The average molecular weight is 387 g/mol. The zero-order valence-electron chi connectivity index (χ0n) is 12.2. The summed E-state index contributed by atoms with van der Waals surface area (Å²) in [5, 5.41) is 9.40. The van der Waals surface area contributed by atoms with Crippen molar-refractivity contribution in [1.82, 2.24) is 0 Å².